The zero-order valence-corrected chi connectivity index (χ0v) is 11.5. The maximum Gasteiger partial charge on any atom is 0.304 e. The zero-order valence-electron chi connectivity index (χ0n) is 9.10. The van der Waals surface area contributed by atoms with E-state index in [4.69, 9.17) is 5.11 Å². The predicted octanol–water partition coefficient (Wildman–Crippen LogP) is 1.97. The topological polar surface area (TPSA) is 83.5 Å². The number of benzene rings is 1. The van der Waals surface area contributed by atoms with Crippen LogP contribution in [-0.2, 0) is 14.8 Å². The van der Waals surface area contributed by atoms with Crippen LogP contribution in [0.5, 0.6) is 0 Å². The van der Waals surface area contributed by atoms with Crippen LogP contribution >= 0.6 is 15.9 Å². The molecular formula is C10H12BrNO4S. The molecule has 0 spiro atoms. The highest BCUT2D eigenvalue weighted by atomic mass is 79.9. The number of aliphatic carboxylic acids is 1. The van der Waals surface area contributed by atoms with Crippen molar-refractivity contribution < 1.29 is 18.3 Å². The van der Waals surface area contributed by atoms with Gasteiger partial charge in [-0.25, -0.2) is 8.42 Å². The molecule has 1 aromatic rings. The quantitative estimate of drug-likeness (QED) is 0.868. The highest BCUT2D eigenvalue weighted by molar-refractivity contribution is 9.10. The number of nitrogens with one attached hydrogen (secondary N) is 1. The molecule has 0 aliphatic carbocycles. The van der Waals surface area contributed by atoms with E-state index < -0.39 is 28.2 Å². The van der Waals surface area contributed by atoms with Crippen LogP contribution < -0.4 is 4.72 Å². The van der Waals surface area contributed by atoms with Gasteiger partial charge < -0.3 is 5.11 Å². The monoisotopic (exact) mass is 321 g/mol. The SMILES string of the molecule is Cc1cc(Br)cc(NS(=O)(=O)CCC(=O)O)c1. The Morgan fingerprint density at radius 1 is 1.41 bits per heavy atom. The van der Waals surface area contributed by atoms with Gasteiger partial charge in [-0.15, -0.1) is 0 Å². The predicted molar refractivity (Wildman–Crippen MR) is 68.5 cm³/mol. The Morgan fingerprint density at radius 2 is 2.06 bits per heavy atom. The van der Waals surface area contributed by atoms with Gasteiger partial charge in [0.15, 0.2) is 0 Å². The summed E-state index contributed by atoms with van der Waals surface area (Å²) < 4.78 is 26.2. The molecule has 0 fully saturated rings. The average Bonchev–Trinajstić information content (AvgIpc) is 2.12. The maximum absolute atomic E-state index is 11.5. The van der Waals surface area contributed by atoms with Crippen LogP contribution in [0, 0.1) is 6.92 Å². The summed E-state index contributed by atoms with van der Waals surface area (Å²) in [4.78, 5) is 10.3. The minimum Gasteiger partial charge on any atom is -0.481 e. The van der Waals surface area contributed by atoms with Crippen LogP contribution in [0.25, 0.3) is 0 Å². The van der Waals surface area contributed by atoms with Gasteiger partial charge in [-0.05, 0) is 30.7 Å². The lowest BCUT2D eigenvalue weighted by atomic mass is 10.2. The van der Waals surface area contributed by atoms with Crippen molar-refractivity contribution >= 4 is 37.6 Å². The average molecular weight is 322 g/mol. The first-order valence-corrected chi connectivity index (χ1v) is 7.22. The minimum atomic E-state index is -3.61. The fraction of sp³-hybridized carbons (Fsp3) is 0.300. The van der Waals surface area contributed by atoms with Crippen molar-refractivity contribution in [3.05, 3.63) is 28.2 Å². The molecular weight excluding hydrogens is 310 g/mol. The van der Waals surface area contributed by atoms with Gasteiger partial charge in [0.05, 0.1) is 12.2 Å². The van der Waals surface area contributed by atoms with Crippen LogP contribution in [0.15, 0.2) is 22.7 Å². The molecule has 0 heterocycles. The van der Waals surface area contributed by atoms with Crippen molar-refractivity contribution in [3.8, 4) is 0 Å². The summed E-state index contributed by atoms with van der Waals surface area (Å²) in [6.07, 6.45) is -0.414. The van der Waals surface area contributed by atoms with Crippen molar-refractivity contribution in [3.63, 3.8) is 0 Å². The molecule has 0 saturated heterocycles. The number of anilines is 1. The molecule has 94 valence electrons. The molecule has 17 heavy (non-hydrogen) atoms. The van der Waals surface area contributed by atoms with E-state index in [9.17, 15) is 13.2 Å². The van der Waals surface area contributed by atoms with E-state index in [2.05, 4.69) is 20.7 Å². The number of hydrogen-bond donors (Lipinski definition) is 2. The fourth-order valence-corrected chi connectivity index (χ4v) is 2.88. The highest BCUT2D eigenvalue weighted by Gasteiger charge is 2.13. The molecule has 0 unspecified atom stereocenters. The summed E-state index contributed by atoms with van der Waals surface area (Å²) in [7, 11) is -3.61. The lowest BCUT2D eigenvalue weighted by Gasteiger charge is -2.08. The zero-order chi connectivity index (χ0) is 13.1. The van der Waals surface area contributed by atoms with Crippen LogP contribution in [0.1, 0.15) is 12.0 Å². The lowest BCUT2D eigenvalue weighted by Crippen LogP contribution is -2.18. The molecule has 0 saturated carbocycles. The second-order valence-electron chi connectivity index (χ2n) is 3.58. The molecule has 1 rings (SSSR count). The summed E-state index contributed by atoms with van der Waals surface area (Å²) in [5.74, 6) is -1.57. The number of carbonyl (C=O) groups is 1. The van der Waals surface area contributed by atoms with Gasteiger partial charge in [0.1, 0.15) is 0 Å². The third-order valence-electron chi connectivity index (χ3n) is 1.90. The molecule has 5 nitrogen and oxygen atoms in total. The van der Waals surface area contributed by atoms with Gasteiger partial charge in [0, 0.05) is 10.2 Å². The Kier molecular flexibility index (Phi) is 4.53. The summed E-state index contributed by atoms with van der Waals surface area (Å²) in [5, 5.41) is 8.43. The Balaban J connectivity index is 2.79. The highest BCUT2D eigenvalue weighted by Crippen LogP contribution is 2.20. The molecule has 0 bridgehead atoms. The molecule has 0 radical (unpaired) electrons. The number of carboxylic acid groups (broad SMARTS) is 1. The van der Waals surface area contributed by atoms with Crippen molar-refractivity contribution in [1.29, 1.82) is 0 Å². The third kappa shape index (κ3) is 5.18. The first-order valence-electron chi connectivity index (χ1n) is 4.78. The van der Waals surface area contributed by atoms with Gasteiger partial charge in [-0.2, -0.15) is 0 Å². The number of aryl methyl sites for hydroxylation is 1. The normalized spacial score (nSPS) is 11.2. The van der Waals surface area contributed by atoms with Gasteiger partial charge in [-0.1, -0.05) is 15.9 Å². The second kappa shape index (κ2) is 5.50. The summed E-state index contributed by atoms with van der Waals surface area (Å²) in [5.41, 5.74) is 1.32. The van der Waals surface area contributed by atoms with E-state index >= 15 is 0 Å². The Morgan fingerprint density at radius 3 is 2.59 bits per heavy atom. The lowest BCUT2D eigenvalue weighted by molar-refractivity contribution is -0.136. The third-order valence-corrected chi connectivity index (χ3v) is 3.65. The molecule has 0 atom stereocenters. The number of rotatable bonds is 5. The number of carboxylic acids is 1. The maximum atomic E-state index is 11.5. The molecule has 7 heteroatoms. The van der Waals surface area contributed by atoms with Crippen molar-refractivity contribution in [2.45, 2.75) is 13.3 Å². The summed E-state index contributed by atoms with van der Waals surface area (Å²) in [6.45, 7) is 1.83. The van der Waals surface area contributed by atoms with Crippen molar-refractivity contribution in [2.75, 3.05) is 10.5 Å². The van der Waals surface area contributed by atoms with E-state index in [-0.39, 0.29) is 0 Å². The van der Waals surface area contributed by atoms with Crippen molar-refractivity contribution in [1.82, 2.24) is 0 Å². The molecule has 0 amide bonds. The summed E-state index contributed by atoms with van der Waals surface area (Å²) >= 11 is 3.25. The standard InChI is InChI=1S/C10H12BrNO4S/c1-7-4-8(11)6-9(5-7)12-17(15,16)3-2-10(13)14/h4-6,12H,2-3H2,1H3,(H,13,14). The summed E-state index contributed by atoms with van der Waals surface area (Å²) in [6, 6.07) is 5.13. The van der Waals surface area contributed by atoms with Gasteiger partial charge in [-0.3, -0.25) is 9.52 Å². The van der Waals surface area contributed by atoms with Gasteiger partial charge in [0.25, 0.3) is 0 Å². The van der Waals surface area contributed by atoms with Crippen LogP contribution in [-0.4, -0.2) is 25.2 Å². The van der Waals surface area contributed by atoms with Gasteiger partial charge >= 0.3 is 5.97 Å². The minimum absolute atomic E-state index is 0.414. The van der Waals surface area contributed by atoms with Gasteiger partial charge in [0.2, 0.25) is 10.0 Å². The van der Waals surface area contributed by atoms with Crippen LogP contribution in [0.2, 0.25) is 0 Å². The number of hydrogen-bond acceptors (Lipinski definition) is 3. The van der Waals surface area contributed by atoms with Crippen LogP contribution in [0.4, 0.5) is 5.69 Å². The largest absolute Gasteiger partial charge is 0.481 e. The van der Waals surface area contributed by atoms with E-state index in [0.29, 0.717) is 5.69 Å². The second-order valence-corrected chi connectivity index (χ2v) is 6.34. The molecule has 2 N–H and O–H groups in total. The van der Waals surface area contributed by atoms with Crippen molar-refractivity contribution in [2.24, 2.45) is 0 Å². The van der Waals surface area contributed by atoms with E-state index in [1.54, 1.807) is 12.1 Å². The van der Waals surface area contributed by atoms with Crippen LogP contribution in [0.3, 0.4) is 0 Å². The molecule has 1 aromatic carbocycles. The van der Waals surface area contributed by atoms with E-state index in [1.165, 1.54) is 0 Å². The molecule has 0 aliphatic rings. The Labute approximate surface area is 108 Å². The fourth-order valence-electron chi connectivity index (χ4n) is 1.25. The Bertz CT molecular complexity index is 507. The Hall–Kier alpha value is -1.08. The van der Waals surface area contributed by atoms with E-state index in [1.807, 2.05) is 13.0 Å². The number of halogens is 1. The van der Waals surface area contributed by atoms with E-state index in [0.717, 1.165) is 10.0 Å². The molecule has 0 aliphatic heterocycles. The number of sulfonamides is 1. The molecule has 0 aromatic heterocycles. The first-order chi connectivity index (χ1) is 7.78. The smallest absolute Gasteiger partial charge is 0.304 e. The first kappa shape index (κ1) is 14.0.